The van der Waals surface area contributed by atoms with E-state index in [9.17, 15) is 14.7 Å². The van der Waals surface area contributed by atoms with Crippen LogP contribution in [0.2, 0.25) is 5.02 Å². The van der Waals surface area contributed by atoms with Gasteiger partial charge in [0.05, 0.1) is 13.1 Å². The Morgan fingerprint density at radius 1 is 1.21 bits per heavy atom. The van der Waals surface area contributed by atoms with Crippen LogP contribution in [0.4, 0.5) is 0 Å². The summed E-state index contributed by atoms with van der Waals surface area (Å²) in [5.74, 6) is -1.25. The minimum absolute atomic E-state index is 0.0681. The van der Waals surface area contributed by atoms with Gasteiger partial charge in [-0.15, -0.1) is 0 Å². The number of hydrogen-bond acceptors (Lipinski definition) is 3. The molecule has 2 rings (SSSR count). The number of halogens is 1. The summed E-state index contributed by atoms with van der Waals surface area (Å²) in [6, 6.07) is 6.84. The third kappa shape index (κ3) is 3.78. The lowest BCUT2D eigenvalue weighted by Crippen LogP contribution is -3.14. The van der Waals surface area contributed by atoms with Gasteiger partial charge in [-0.1, -0.05) is 11.6 Å². The van der Waals surface area contributed by atoms with Crippen LogP contribution in [0.25, 0.3) is 0 Å². The summed E-state index contributed by atoms with van der Waals surface area (Å²) in [5.41, 5.74) is 0.652. The Labute approximate surface area is 117 Å². The molecule has 0 aromatic heterocycles. The van der Waals surface area contributed by atoms with Crippen molar-refractivity contribution < 1.29 is 19.6 Å². The van der Waals surface area contributed by atoms with E-state index in [-0.39, 0.29) is 11.7 Å². The normalized spacial score (nSPS) is 23.0. The monoisotopic (exact) mass is 281 g/mol. The average Bonchev–Trinajstić information content (AvgIpc) is 2.40. The number of aliphatic carboxylic acids is 1. The second kappa shape index (κ2) is 6.17. The van der Waals surface area contributed by atoms with Crippen LogP contribution >= 0.6 is 11.6 Å². The molecule has 0 spiro atoms. The van der Waals surface area contributed by atoms with Crippen molar-refractivity contribution in [2.45, 2.75) is 12.8 Å². The minimum Gasteiger partial charge on any atom is -0.550 e. The zero-order valence-electron chi connectivity index (χ0n) is 10.5. The van der Waals surface area contributed by atoms with Crippen LogP contribution in [0.1, 0.15) is 23.2 Å². The molecule has 1 fully saturated rings. The molecule has 1 N–H and O–H groups in total. The molecule has 102 valence electrons. The molecule has 1 heterocycles. The number of carbonyl (C=O) groups excluding carboxylic acids is 2. The molecule has 1 aromatic rings. The minimum atomic E-state index is -0.969. The molecule has 0 saturated carbocycles. The number of hydrogen-bond donors (Lipinski definition) is 1. The molecule has 4 nitrogen and oxygen atoms in total. The van der Waals surface area contributed by atoms with Crippen LogP contribution in [0.15, 0.2) is 24.3 Å². The SMILES string of the molecule is O=C(C[NH+]1CCC(C(=O)[O-])CC1)c1ccc(Cl)cc1. The molecule has 0 atom stereocenters. The second-order valence-electron chi connectivity index (χ2n) is 4.95. The largest absolute Gasteiger partial charge is 0.550 e. The van der Waals surface area contributed by atoms with Gasteiger partial charge >= 0.3 is 0 Å². The van der Waals surface area contributed by atoms with E-state index in [2.05, 4.69) is 0 Å². The zero-order chi connectivity index (χ0) is 13.8. The summed E-state index contributed by atoms with van der Waals surface area (Å²) < 4.78 is 0. The number of nitrogens with one attached hydrogen (secondary N) is 1. The fourth-order valence-electron chi connectivity index (χ4n) is 2.40. The van der Waals surface area contributed by atoms with E-state index in [0.717, 1.165) is 4.90 Å². The van der Waals surface area contributed by atoms with Crippen molar-refractivity contribution >= 4 is 23.4 Å². The lowest BCUT2D eigenvalue weighted by atomic mass is 9.97. The molecule has 1 saturated heterocycles. The van der Waals surface area contributed by atoms with E-state index in [4.69, 9.17) is 11.6 Å². The lowest BCUT2D eigenvalue weighted by molar-refractivity contribution is -0.897. The van der Waals surface area contributed by atoms with Gasteiger partial charge < -0.3 is 14.8 Å². The van der Waals surface area contributed by atoms with Crippen LogP contribution in [0.5, 0.6) is 0 Å². The van der Waals surface area contributed by atoms with Gasteiger partial charge in [0.2, 0.25) is 5.78 Å². The summed E-state index contributed by atoms with van der Waals surface area (Å²) in [7, 11) is 0. The zero-order valence-corrected chi connectivity index (χ0v) is 11.3. The highest BCUT2D eigenvalue weighted by Crippen LogP contribution is 2.10. The van der Waals surface area contributed by atoms with Gasteiger partial charge in [-0.05, 0) is 24.3 Å². The molecule has 0 radical (unpaired) electrons. The molecule has 1 aromatic carbocycles. The Morgan fingerprint density at radius 3 is 2.32 bits per heavy atom. The maximum Gasteiger partial charge on any atom is 0.216 e. The Morgan fingerprint density at radius 2 is 1.79 bits per heavy atom. The Bertz CT molecular complexity index is 464. The summed E-state index contributed by atoms with van der Waals surface area (Å²) in [5, 5.41) is 11.3. The maximum atomic E-state index is 12.0. The number of quaternary nitrogens is 1. The summed E-state index contributed by atoms with van der Waals surface area (Å²) in [6.07, 6.45) is 1.18. The Kier molecular flexibility index (Phi) is 4.56. The summed E-state index contributed by atoms with van der Waals surface area (Å²) >= 11 is 5.78. The first-order valence-corrected chi connectivity index (χ1v) is 6.77. The maximum absolute atomic E-state index is 12.0. The predicted molar refractivity (Wildman–Crippen MR) is 69.1 cm³/mol. The van der Waals surface area contributed by atoms with E-state index in [0.29, 0.717) is 43.1 Å². The van der Waals surface area contributed by atoms with Gasteiger partial charge in [0.25, 0.3) is 0 Å². The predicted octanol–water partition coefficient (Wildman–Crippen LogP) is -0.432. The third-order valence-corrected chi connectivity index (χ3v) is 3.85. The number of rotatable bonds is 4. The lowest BCUT2D eigenvalue weighted by Gasteiger charge is -2.29. The number of benzene rings is 1. The van der Waals surface area contributed by atoms with E-state index in [1.165, 1.54) is 0 Å². The van der Waals surface area contributed by atoms with Crippen molar-refractivity contribution in [1.82, 2.24) is 0 Å². The van der Waals surface area contributed by atoms with Crippen molar-refractivity contribution in [2.75, 3.05) is 19.6 Å². The third-order valence-electron chi connectivity index (χ3n) is 3.60. The van der Waals surface area contributed by atoms with E-state index >= 15 is 0 Å². The molecule has 1 aliphatic heterocycles. The van der Waals surface area contributed by atoms with Crippen molar-refractivity contribution in [1.29, 1.82) is 0 Å². The van der Waals surface area contributed by atoms with Crippen molar-refractivity contribution in [2.24, 2.45) is 5.92 Å². The van der Waals surface area contributed by atoms with Gasteiger partial charge in [0, 0.05) is 35.3 Å². The first-order chi connectivity index (χ1) is 9.06. The Hall–Kier alpha value is -1.39. The Balaban J connectivity index is 1.87. The summed E-state index contributed by atoms with van der Waals surface area (Å²) in [6.45, 7) is 1.82. The molecular weight excluding hydrogens is 266 g/mol. The van der Waals surface area contributed by atoms with Crippen LogP contribution < -0.4 is 10.0 Å². The van der Waals surface area contributed by atoms with E-state index in [1.54, 1.807) is 24.3 Å². The van der Waals surface area contributed by atoms with Gasteiger partial charge in [-0.3, -0.25) is 4.79 Å². The van der Waals surface area contributed by atoms with Crippen LogP contribution in [0, 0.1) is 5.92 Å². The number of piperidine rings is 1. The quantitative estimate of drug-likeness (QED) is 0.762. The molecule has 0 bridgehead atoms. The first-order valence-electron chi connectivity index (χ1n) is 6.39. The smallest absolute Gasteiger partial charge is 0.216 e. The second-order valence-corrected chi connectivity index (χ2v) is 5.39. The van der Waals surface area contributed by atoms with Crippen LogP contribution in [-0.2, 0) is 4.79 Å². The number of likely N-dealkylation sites (tertiary alicyclic amines) is 1. The molecule has 19 heavy (non-hydrogen) atoms. The van der Waals surface area contributed by atoms with Gasteiger partial charge in [0.1, 0.15) is 6.54 Å². The molecule has 1 aliphatic rings. The van der Waals surface area contributed by atoms with Crippen LogP contribution in [-0.4, -0.2) is 31.4 Å². The number of Topliss-reactive ketones (excluding diaryl/α,β-unsaturated/α-hetero) is 1. The number of carboxylic acids is 1. The number of carboxylic acid groups (broad SMARTS) is 1. The average molecular weight is 282 g/mol. The topological polar surface area (TPSA) is 61.6 Å². The van der Waals surface area contributed by atoms with Crippen LogP contribution in [0.3, 0.4) is 0 Å². The fourth-order valence-corrected chi connectivity index (χ4v) is 2.53. The number of carbonyl (C=O) groups is 2. The number of ketones is 1. The molecular formula is C14H16ClNO3. The van der Waals surface area contributed by atoms with Crippen molar-refractivity contribution in [3.05, 3.63) is 34.9 Å². The highest BCUT2D eigenvalue weighted by atomic mass is 35.5. The molecule has 5 heteroatoms. The fraction of sp³-hybridized carbons (Fsp3) is 0.429. The van der Waals surface area contributed by atoms with E-state index < -0.39 is 5.97 Å². The van der Waals surface area contributed by atoms with Gasteiger partial charge in [-0.25, -0.2) is 0 Å². The highest BCUT2D eigenvalue weighted by Gasteiger charge is 2.24. The van der Waals surface area contributed by atoms with Crippen molar-refractivity contribution in [3.63, 3.8) is 0 Å². The molecule has 0 aliphatic carbocycles. The van der Waals surface area contributed by atoms with Gasteiger partial charge in [-0.2, -0.15) is 0 Å². The molecule has 0 unspecified atom stereocenters. The van der Waals surface area contributed by atoms with Crippen molar-refractivity contribution in [3.8, 4) is 0 Å². The highest BCUT2D eigenvalue weighted by molar-refractivity contribution is 6.30. The summed E-state index contributed by atoms with van der Waals surface area (Å²) in [4.78, 5) is 23.9. The molecule has 0 amide bonds. The standard InChI is InChI=1S/C14H16ClNO3/c15-12-3-1-10(2-4-12)13(17)9-16-7-5-11(6-8-16)14(18)19/h1-4,11H,5-9H2,(H,18,19). The van der Waals surface area contributed by atoms with E-state index in [1.807, 2.05) is 0 Å². The van der Waals surface area contributed by atoms with Gasteiger partial charge in [0.15, 0.2) is 0 Å². The first kappa shape index (κ1) is 14.0.